The summed E-state index contributed by atoms with van der Waals surface area (Å²) < 4.78 is 32.6. The zero-order valence-electron chi connectivity index (χ0n) is 31.4. The Balaban J connectivity index is 4.32. The average Bonchev–Trinajstić information content (AvgIpc) is 3.10. The van der Waals surface area contributed by atoms with Gasteiger partial charge in [0.15, 0.2) is 6.10 Å². The molecule has 1 unspecified atom stereocenters. The second-order valence-corrected chi connectivity index (χ2v) is 13.9. The number of hydrogen-bond acceptors (Lipinski definition) is 8. The molecule has 3 N–H and O–H groups in total. The van der Waals surface area contributed by atoms with E-state index < -0.39 is 32.5 Å². The van der Waals surface area contributed by atoms with E-state index in [9.17, 15) is 19.0 Å². The van der Waals surface area contributed by atoms with Crippen LogP contribution in [0.4, 0.5) is 0 Å². The number of carbonyl (C=O) groups excluding carboxylic acids is 2. The molecule has 0 aliphatic rings. The monoisotopic (exact) mass is 723 g/mol. The Hall–Kier alpha value is -2.29. The number of nitrogens with two attached hydrogens (primary N) is 1. The number of ether oxygens (including phenoxy) is 2. The molecule has 2 atom stereocenters. The molecule has 0 spiro atoms. The van der Waals surface area contributed by atoms with E-state index in [2.05, 4.69) is 74.6 Å². The lowest BCUT2D eigenvalue weighted by Crippen LogP contribution is -2.29. The van der Waals surface area contributed by atoms with Crippen LogP contribution >= 0.6 is 7.82 Å². The van der Waals surface area contributed by atoms with Crippen LogP contribution in [0, 0.1) is 0 Å². The van der Waals surface area contributed by atoms with Gasteiger partial charge in [-0.1, -0.05) is 120 Å². The van der Waals surface area contributed by atoms with Gasteiger partial charge in [-0.3, -0.25) is 18.6 Å². The number of esters is 2. The van der Waals surface area contributed by atoms with Crippen molar-refractivity contribution < 1.29 is 37.6 Å². The van der Waals surface area contributed by atoms with E-state index in [0.717, 1.165) is 70.6 Å². The molecule has 0 saturated carbocycles. The van der Waals surface area contributed by atoms with E-state index in [1.807, 2.05) is 0 Å². The molecule has 0 aromatic rings. The third kappa shape index (κ3) is 35.5. The van der Waals surface area contributed by atoms with Crippen molar-refractivity contribution >= 4 is 19.8 Å². The maximum atomic E-state index is 12.5. The van der Waals surface area contributed by atoms with Crippen molar-refractivity contribution in [3.05, 3.63) is 60.8 Å². The van der Waals surface area contributed by atoms with Crippen LogP contribution in [-0.4, -0.2) is 49.3 Å². The van der Waals surface area contributed by atoms with Gasteiger partial charge in [0.25, 0.3) is 0 Å². The molecule has 0 aliphatic carbocycles. The number of phosphoric ester groups is 1. The van der Waals surface area contributed by atoms with E-state index in [1.54, 1.807) is 0 Å². The fourth-order valence-corrected chi connectivity index (χ4v) is 5.56. The van der Waals surface area contributed by atoms with Gasteiger partial charge in [-0.05, 0) is 77.0 Å². The molecular formula is C40H70NO8P. The fourth-order valence-electron chi connectivity index (χ4n) is 4.79. The zero-order chi connectivity index (χ0) is 36.8. The molecule has 10 heteroatoms. The van der Waals surface area contributed by atoms with Gasteiger partial charge in [0.2, 0.25) is 0 Å². The summed E-state index contributed by atoms with van der Waals surface area (Å²) in [5, 5.41) is 0. The minimum atomic E-state index is -4.39. The Morgan fingerprint density at radius 2 is 1.10 bits per heavy atom. The van der Waals surface area contributed by atoms with Gasteiger partial charge in [-0.15, -0.1) is 0 Å². The second-order valence-electron chi connectivity index (χ2n) is 12.4. The first-order chi connectivity index (χ1) is 24.3. The number of allylic oxidation sites excluding steroid dienone is 10. The molecule has 0 saturated heterocycles. The molecule has 0 rings (SSSR count). The second kappa shape index (κ2) is 36.5. The van der Waals surface area contributed by atoms with Crippen molar-refractivity contribution in [3.63, 3.8) is 0 Å². The van der Waals surface area contributed by atoms with Crippen molar-refractivity contribution in [3.8, 4) is 0 Å². The first-order valence-corrected chi connectivity index (χ1v) is 20.8. The highest BCUT2D eigenvalue weighted by molar-refractivity contribution is 7.47. The van der Waals surface area contributed by atoms with E-state index in [0.29, 0.717) is 12.8 Å². The van der Waals surface area contributed by atoms with Crippen molar-refractivity contribution in [2.75, 3.05) is 26.4 Å². The maximum absolute atomic E-state index is 12.5. The highest BCUT2D eigenvalue weighted by Crippen LogP contribution is 2.43. The molecule has 0 amide bonds. The van der Waals surface area contributed by atoms with Gasteiger partial charge in [0.1, 0.15) is 6.61 Å². The summed E-state index contributed by atoms with van der Waals surface area (Å²) in [5.74, 6) is -0.894. The van der Waals surface area contributed by atoms with Gasteiger partial charge in [-0.25, -0.2) is 4.57 Å². The van der Waals surface area contributed by atoms with Crippen molar-refractivity contribution in [1.29, 1.82) is 0 Å². The number of carbonyl (C=O) groups is 2. The van der Waals surface area contributed by atoms with Crippen LogP contribution in [0.25, 0.3) is 0 Å². The van der Waals surface area contributed by atoms with Crippen LogP contribution in [0.5, 0.6) is 0 Å². The van der Waals surface area contributed by atoms with E-state index in [-0.39, 0.29) is 32.6 Å². The maximum Gasteiger partial charge on any atom is 0.472 e. The highest BCUT2D eigenvalue weighted by Gasteiger charge is 2.25. The molecule has 0 heterocycles. The van der Waals surface area contributed by atoms with Crippen LogP contribution in [0.3, 0.4) is 0 Å². The molecule has 0 aromatic carbocycles. The Labute approximate surface area is 304 Å². The zero-order valence-corrected chi connectivity index (χ0v) is 32.3. The van der Waals surface area contributed by atoms with Crippen molar-refractivity contribution in [2.24, 2.45) is 5.73 Å². The summed E-state index contributed by atoms with van der Waals surface area (Å²) in [5.41, 5.74) is 5.33. The Bertz CT molecular complexity index is 1010. The smallest absolute Gasteiger partial charge is 0.462 e. The Kier molecular flexibility index (Phi) is 34.8. The molecule has 0 aromatic heterocycles. The van der Waals surface area contributed by atoms with E-state index in [1.165, 1.54) is 38.5 Å². The molecule has 288 valence electrons. The SMILES string of the molecule is CC/C=C\C/C=C\C/C=C\C/C=C\CCCCC(=O)O[C@H](COC(=O)CCCCCCC/C=C\CCCCCCC)COP(=O)(O)OCCN. The predicted molar refractivity (Wildman–Crippen MR) is 206 cm³/mol. The number of rotatable bonds is 35. The molecule has 0 fully saturated rings. The quantitative estimate of drug-likeness (QED) is 0.0283. The third-order valence-corrected chi connectivity index (χ3v) is 8.62. The Morgan fingerprint density at radius 3 is 1.70 bits per heavy atom. The first kappa shape index (κ1) is 47.7. The first-order valence-electron chi connectivity index (χ1n) is 19.3. The largest absolute Gasteiger partial charge is 0.472 e. The Morgan fingerprint density at radius 1 is 0.620 bits per heavy atom. The number of unbranched alkanes of at least 4 members (excludes halogenated alkanes) is 12. The summed E-state index contributed by atoms with van der Waals surface area (Å²) >= 11 is 0. The van der Waals surface area contributed by atoms with Crippen LogP contribution < -0.4 is 5.73 Å². The summed E-state index contributed by atoms with van der Waals surface area (Å²) in [6.45, 7) is 3.52. The summed E-state index contributed by atoms with van der Waals surface area (Å²) in [7, 11) is -4.39. The van der Waals surface area contributed by atoms with Crippen molar-refractivity contribution in [1.82, 2.24) is 0 Å². The molecule has 0 aliphatic heterocycles. The lowest BCUT2D eigenvalue weighted by Gasteiger charge is -2.19. The minimum Gasteiger partial charge on any atom is -0.462 e. The van der Waals surface area contributed by atoms with Crippen LogP contribution in [0.15, 0.2) is 60.8 Å². The normalized spacial score (nSPS) is 14.1. The van der Waals surface area contributed by atoms with E-state index >= 15 is 0 Å². The van der Waals surface area contributed by atoms with Crippen LogP contribution in [0.1, 0.15) is 149 Å². The average molecular weight is 724 g/mol. The molecule has 0 radical (unpaired) electrons. The van der Waals surface area contributed by atoms with Gasteiger partial charge in [-0.2, -0.15) is 0 Å². The molecule has 0 bridgehead atoms. The van der Waals surface area contributed by atoms with Crippen LogP contribution in [0.2, 0.25) is 0 Å². The van der Waals surface area contributed by atoms with Crippen LogP contribution in [-0.2, 0) is 32.7 Å². The molecule has 50 heavy (non-hydrogen) atoms. The third-order valence-electron chi connectivity index (χ3n) is 7.64. The van der Waals surface area contributed by atoms with Gasteiger partial charge < -0.3 is 20.1 Å². The topological polar surface area (TPSA) is 134 Å². The number of hydrogen-bond donors (Lipinski definition) is 2. The lowest BCUT2D eigenvalue weighted by atomic mass is 10.1. The summed E-state index contributed by atoms with van der Waals surface area (Å²) in [4.78, 5) is 34.7. The summed E-state index contributed by atoms with van der Waals surface area (Å²) in [6, 6.07) is 0. The fraction of sp³-hybridized carbons (Fsp3) is 0.700. The molecular weight excluding hydrogens is 653 g/mol. The van der Waals surface area contributed by atoms with Crippen molar-refractivity contribution in [2.45, 2.75) is 155 Å². The predicted octanol–water partition coefficient (Wildman–Crippen LogP) is 10.5. The van der Waals surface area contributed by atoms with Gasteiger partial charge in [0, 0.05) is 19.4 Å². The summed E-state index contributed by atoms with van der Waals surface area (Å²) in [6.07, 6.45) is 41.1. The minimum absolute atomic E-state index is 0.0428. The van der Waals surface area contributed by atoms with E-state index in [4.69, 9.17) is 24.3 Å². The lowest BCUT2D eigenvalue weighted by molar-refractivity contribution is -0.161. The van der Waals surface area contributed by atoms with Gasteiger partial charge in [0.05, 0.1) is 13.2 Å². The highest BCUT2D eigenvalue weighted by atomic mass is 31.2. The molecule has 9 nitrogen and oxygen atoms in total. The standard InChI is InChI=1S/C40H70NO8P/c1-3-5-7-9-11-13-15-17-19-21-23-25-27-29-31-33-40(43)49-38(37-48-50(44,45)47-35-34-41)36-46-39(42)32-30-28-26-24-22-20-18-16-14-12-10-8-6-4-2/h5,7,11,13,16-19,23,25,38H,3-4,6,8-10,12,14-15,20-22,24,26-37,41H2,1-2H3,(H,44,45)/b7-5-,13-11-,18-16-,19-17-,25-23-/t38-/m1/s1. The number of phosphoric acid groups is 1. The van der Waals surface area contributed by atoms with Gasteiger partial charge >= 0.3 is 19.8 Å².